The number of fused-ring (bicyclic) bond motifs is 1. The van der Waals surface area contributed by atoms with Gasteiger partial charge >= 0.3 is 0 Å². The molecule has 32 heavy (non-hydrogen) atoms. The van der Waals surface area contributed by atoms with Crippen molar-refractivity contribution in [3.8, 4) is 5.69 Å². The summed E-state index contributed by atoms with van der Waals surface area (Å²) < 4.78 is 1.71. The average molecular weight is 435 g/mol. The van der Waals surface area contributed by atoms with Gasteiger partial charge in [-0.15, -0.1) is 0 Å². The van der Waals surface area contributed by atoms with Crippen molar-refractivity contribution in [1.82, 2.24) is 25.0 Å². The highest BCUT2D eigenvalue weighted by Crippen LogP contribution is 2.24. The number of aliphatic hydroxyl groups excluding tert-OH is 1. The van der Waals surface area contributed by atoms with Crippen LogP contribution in [0.4, 0.5) is 0 Å². The minimum atomic E-state index is -2.30. The molecule has 0 bridgehead atoms. The lowest BCUT2D eigenvalue weighted by atomic mass is 9.95. The van der Waals surface area contributed by atoms with Crippen molar-refractivity contribution in [2.45, 2.75) is 44.7 Å². The molecule has 0 fully saturated rings. The van der Waals surface area contributed by atoms with Crippen molar-refractivity contribution in [1.29, 1.82) is 0 Å². The number of aliphatic hydroxyl groups is 2. The number of carbonyl (C=O) groups excluding carboxylic acids is 2. The van der Waals surface area contributed by atoms with E-state index < -0.39 is 29.6 Å². The highest BCUT2D eigenvalue weighted by molar-refractivity contribution is 5.94. The maximum absolute atomic E-state index is 12.8. The van der Waals surface area contributed by atoms with E-state index in [2.05, 4.69) is 15.4 Å². The summed E-state index contributed by atoms with van der Waals surface area (Å²) in [5.74, 6) is -1.56. The summed E-state index contributed by atoms with van der Waals surface area (Å²) in [5.41, 5.74) is 0.981. The molecule has 9 nitrogen and oxygen atoms in total. The van der Waals surface area contributed by atoms with Gasteiger partial charge < -0.3 is 20.4 Å². The van der Waals surface area contributed by atoms with E-state index in [1.54, 1.807) is 30.1 Å². The second kappa shape index (κ2) is 8.52. The van der Waals surface area contributed by atoms with Crippen molar-refractivity contribution in [3.63, 3.8) is 0 Å². The van der Waals surface area contributed by atoms with Gasteiger partial charge in [0.2, 0.25) is 0 Å². The zero-order valence-corrected chi connectivity index (χ0v) is 17.8. The third-order valence-electron chi connectivity index (χ3n) is 5.73. The molecule has 0 unspecified atom stereocenters. The number of rotatable bonds is 6. The van der Waals surface area contributed by atoms with Gasteiger partial charge in [-0.25, -0.2) is 4.68 Å². The first-order valence-corrected chi connectivity index (χ1v) is 10.3. The van der Waals surface area contributed by atoms with Crippen LogP contribution in [0, 0.1) is 0 Å². The average Bonchev–Trinajstić information content (AvgIpc) is 3.48. The first-order valence-electron chi connectivity index (χ1n) is 10.3. The Kier molecular flexibility index (Phi) is 5.77. The monoisotopic (exact) mass is 435 g/mol. The summed E-state index contributed by atoms with van der Waals surface area (Å²) in [6.07, 6.45) is 3.23. The molecule has 3 aromatic rings. The molecular formula is C23H25N5O4. The van der Waals surface area contributed by atoms with E-state index in [0.29, 0.717) is 0 Å². The van der Waals surface area contributed by atoms with Gasteiger partial charge in [0.25, 0.3) is 11.8 Å². The third kappa shape index (κ3) is 4.12. The molecule has 3 atom stereocenters. The molecule has 0 aliphatic carbocycles. The van der Waals surface area contributed by atoms with Gasteiger partial charge in [0.1, 0.15) is 0 Å². The molecule has 3 N–H and O–H groups in total. The van der Waals surface area contributed by atoms with Crippen LogP contribution in [0.5, 0.6) is 0 Å². The number of benzene rings is 1. The fourth-order valence-electron chi connectivity index (χ4n) is 3.66. The van der Waals surface area contributed by atoms with Crippen molar-refractivity contribution in [3.05, 3.63) is 77.9 Å². The lowest BCUT2D eigenvalue weighted by molar-refractivity contribution is -0.166. The van der Waals surface area contributed by atoms with E-state index >= 15 is 0 Å². The number of carbonyl (C=O) groups is 2. The van der Waals surface area contributed by atoms with E-state index in [-0.39, 0.29) is 13.1 Å². The van der Waals surface area contributed by atoms with Gasteiger partial charge in [0.15, 0.2) is 11.7 Å². The molecule has 1 aliphatic heterocycles. The van der Waals surface area contributed by atoms with Crippen LogP contribution in [0.1, 0.15) is 36.7 Å². The molecule has 166 valence electrons. The molecule has 2 amide bonds. The summed E-state index contributed by atoms with van der Waals surface area (Å²) in [6.45, 7) is 3.40. The van der Waals surface area contributed by atoms with Crippen LogP contribution in [0.2, 0.25) is 0 Å². The third-order valence-corrected chi connectivity index (χ3v) is 5.73. The fourth-order valence-corrected chi connectivity index (χ4v) is 3.66. The molecule has 9 heteroatoms. The Labute approximate surface area is 185 Å². The largest absolute Gasteiger partial charge is 0.380 e. The first kappa shape index (κ1) is 21.7. The number of pyridine rings is 1. The van der Waals surface area contributed by atoms with Gasteiger partial charge in [-0.1, -0.05) is 18.2 Å². The summed E-state index contributed by atoms with van der Waals surface area (Å²) in [6, 6.07) is 12.4. The van der Waals surface area contributed by atoms with Gasteiger partial charge in [-0.2, -0.15) is 5.10 Å². The topological polar surface area (TPSA) is 121 Å². The predicted molar refractivity (Wildman–Crippen MR) is 115 cm³/mol. The number of aromatic nitrogens is 3. The SMILES string of the molecule is C[C@@H](NC(=O)[C@](C)(O)[C@@H](O)C(=O)N1Cc2cccnc2C1)c1ccc(-n2cccn2)cc1. The zero-order valence-electron chi connectivity index (χ0n) is 17.8. The highest BCUT2D eigenvalue weighted by Gasteiger charge is 2.45. The van der Waals surface area contributed by atoms with Crippen molar-refractivity contribution < 1.29 is 19.8 Å². The van der Waals surface area contributed by atoms with Gasteiger partial charge in [-0.05, 0) is 49.2 Å². The van der Waals surface area contributed by atoms with Gasteiger partial charge in [0, 0.05) is 25.1 Å². The lowest BCUT2D eigenvalue weighted by Crippen LogP contribution is -2.58. The standard InChI is InChI=1S/C23H25N5O4/c1-15(16-6-8-18(9-7-16)28-12-4-11-25-28)26-22(31)23(2,32)20(29)21(30)27-13-17-5-3-10-24-19(17)14-27/h3-12,15,20,29,32H,13-14H2,1-2H3,(H,26,31)/t15-,20+,23-/m1/s1. The zero-order chi connectivity index (χ0) is 22.9. The summed E-state index contributed by atoms with van der Waals surface area (Å²) in [7, 11) is 0. The lowest BCUT2D eigenvalue weighted by Gasteiger charge is -2.31. The molecule has 2 aromatic heterocycles. The Morgan fingerprint density at radius 3 is 2.53 bits per heavy atom. The number of hydrogen-bond acceptors (Lipinski definition) is 6. The van der Waals surface area contributed by atoms with E-state index in [1.165, 1.54) is 4.90 Å². The second-order valence-electron chi connectivity index (χ2n) is 8.09. The van der Waals surface area contributed by atoms with Crippen LogP contribution in [-0.4, -0.2) is 53.4 Å². The van der Waals surface area contributed by atoms with E-state index in [0.717, 1.165) is 29.4 Å². The van der Waals surface area contributed by atoms with E-state index in [1.807, 2.05) is 42.6 Å². The van der Waals surface area contributed by atoms with Gasteiger partial charge in [-0.3, -0.25) is 14.6 Å². The first-order chi connectivity index (χ1) is 15.3. The van der Waals surface area contributed by atoms with Crippen LogP contribution in [-0.2, 0) is 22.7 Å². The quantitative estimate of drug-likeness (QED) is 0.533. The Balaban J connectivity index is 1.40. The fraction of sp³-hybridized carbons (Fsp3) is 0.304. The summed E-state index contributed by atoms with van der Waals surface area (Å²) >= 11 is 0. The minimum Gasteiger partial charge on any atom is -0.380 e. The van der Waals surface area contributed by atoms with E-state index in [9.17, 15) is 19.8 Å². The van der Waals surface area contributed by atoms with Crippen molar-refractivity contribution >= 4 is 11.8 Å². The Morgan fingerprint density at radius 2 is 1.88 bits per heavy atom. The van der Waals surface area contributed by atoms with Crippen LogP contribution < -0.4 is 5.32 Å². The molecule has 4 rings (SSSR count). The summed E-state index contributed by atoms with van der Waals surface area (Å²) in [4.78, 5) is 31.1. The molecule has 0 spiro atoms. The normalized spacial score (nSPS) is 16.7. The number of nitrogens with zero attached hydrogens (tertiary/aromatic N) is 4. The Hall–Kier alpha value is -3.56. The Bertz CT molecular complexity index is 1090. The number of hydrogen-bond donors (Lipinski definition) is 3. The molecule has 0 saturated heterocycles. The molecule has 1 aromatic carbocycles. The molecule has 0 saturated carbocycles. The summed E-state index contributed by atoms with van der Waals surface area (Å²) in [5, 5.41) is 28.1. The maximum atomic E-state index is 12.8. The van der Waals surface area contributed by atoms with Crippen LogP contribution in [0.25, 0.3) is 5.69 Å². The number of nitrogens with one attached hydrogen (secondary N) is 1. The van der Waals surface area contributed by atoms with Crippen molar-refractivity contribution in [2.24, 2.45) is 0 Å². The van der Waals surface area contributed by atoms with Crippen LogP contribution in [0.15, 0.2) is 61.1 Å². The predicted octanol–water partition coefficient (Wildman–Crippen LogP) is 1.10. The molecule has 3 heterocycles. The Morgan fingerprint density at radius 1 is 1.12 bits per heavy atom. The number of amides is 2. The molecular weight excluding hydrogens is 410 g/mol. The van der Waals surface area contributed by atoms with Crippen LogP contribution >= 0.6 is 0 Å². The van der Waals surface area contributed by atoms with E-state index in [4.69, 9.17) is 0 Å². The van der Waals surface area contributed by atoms with Crippen molar-refractivity contribution in [2.75, 3.05) is 0 Å². The molecule has 1 aliphatic rings. The molecule has 0 radical (unpaired) electrons. The highest BCUT2D eigenvalue weighted by atomic mass is 16.4. The maximum Gasteiger partial charge on any atom is 0.255 e. The van der Waals surface area contributed by atoms with Crippen LogP contribution in [0.3, 0.4) is 0 Å². The van der Waals surface area contributed by atoms with Gasteiger partial charge in [0.05, 0.1) is 24.0 Å². The second-order valence-corrected chi connectivity index (χ2v) is 8.09. The minimum absolute atomic E-state index is 0.225. The smallest absolute Gasteiger partial charge is 0.255 e.